The first kappa shape index (κ1) is 22.3. The van der Waals surface area contributed by atoms with Crippen LogP contribution in [0.5, 0.6) is 0 Å². The van der Waals surface area contributed by atoms with Gasteiger partial charge in [0, 0.05) is 31.4 Å². The van der Waals surface area contributed by atoms with Crippen molar-refractivity contribution in [1.29, 1.82) is 0 Å². The van der Waals surface area contributed by atoms with Crippen molar-refractivity contribution in [3.05, 3.63) is 34.9 Å². The highest BCUT2D eigenvalue weighted by Gasteiger charge is 2.58. The summed E-state index contributed by atoms with van der Waals surface area (Å²) in [5, 5.41) is 0. The highest BCUT2D eigenvalue weighted by atomic mass is 16.7. The molecule has 0 radical (unpaired) electrons. The third kappa shape index (κ3) is 4.23. The van der Waals surface area contributed by atoms with Gasteiger partial charge in [-0.1, -0.05) is 31.6 Å². The molecule has 3 rings (SSSR count). The van der Waals surface area contributed by atoms with Crippen LogP contribution in [0.25, 0.3) is 0 Å². The fraction of sp³-hybridized carbons (Fsp3) is 0.625. The SMILES string of the molecule is C=C1CCC2CCC3=C(C(OC(C)=O)(CC(C)=CC(OC(C)=O)C1)OC3=O)C2(C)C. The highest BCUT2D eigenvalue weighted by Crippen LogP contribution is 2.57. The summed E-state index contributed by atoms with van der Waals surface area (Å²) in [6.45, 7) is 13.0. The zero-order valence-corrected chi connectivity index (χ0v) is 18.6. The van der Waals surface area contributed by atoms with Crippen LogP contribution >= 0.6 is 0 Å². The van der Waals surface area contributed by atoms with Gasteiger partial charge in [0.15, 0.2) is 0 Å². The maximum absolute atomic E-state index is 12.8. The minimum Gasteiger partial charge on any atom is -0.458 e. The molecule has 2 bridgehead atoms. The van der Waals surface area contributed by atoms with E-state index in [-0.39, 0.29) is 23.7 Å². The average molecular weight is 417 g/mol. The third-order valence-corrected chi connectivity index (χ3v) is 6.54. The second kappa shape index (κ2) is 8.05. The second-order valence-corrected chi connectivity index (χ2v) is 9.38. The van der Waals surface area contributed by atoms with E-state index in [2.05, 4.69) is 20.4 Å². The zero-order chi connectivity index (χ0) is 22.3. The Labute approximate surface area is 178 Å². The van der Waals surface area contributed by atoms with Crippen LogP contribution in [0, 0.1) is 11.3 Å². The summed E-state index contributed by atoms with van der Waals surface area (Å²) >= 11 is 0. The van der Waals surface area contributed by atoms with Crippen LogP contribution in [0.2, 0.25) is 0 Å². The highest BCUT2D eigenvalue weighted by molar-refractivity contribution is 5.94. The summed E-state index contributed by atoms with van der Waals surface area (Å²) in [7, 11) is 0. The smallest absolute Gasteiger partial charge is 0.337 e. The first-order valence-electron chi connectivity index (χ1n) is 10.6. The number of ether oxygens (including phenoxy) is 3. The Morgan fingerprint density at radius 1 is 1.17 bits per heavy atom. The Morgan fingerprint density at radius 3 is 2.47 bits per heavy atom. The number of fused-ring (bicyclic) bond motifs is 1. The van der Waals surface area contributed by atoms with E-state index in [1.54, 1.807) is 0 Å². The van der Waals surface area contributed by atoms with E-state index in [4.69, 9.17) is 14.2 Å². The van der Waals surface area contributed by atoms with E-state index in [0.29, 0.717) is 18.4 Å². The van der Waals surface area contributed by atoms with E-state index >= 15 is 0 Å². The molecule has 0 aromatic rings. The normalized spacial score (nSPS) is 31.2. The third-order valence-electron chi connectivity index (χ3n) is 6.54. The number of carbonyl (C=O) groups is 3. The van der Waals surface area contributed by atoms with Gasteiger partial charge in [0.1, 0.15) is 6.10 Å². The molecule has 0 aromatic carbocycles. The number of esters is 3. The van der Waals surface area contributed by atoms with Crippen molar-refractivity contribution in [2.75, 3.05) is 0 Å². The summed E-state index contributed by atoms with van der Waals surface area (Å²) in [6.07, 6.45) is 5.32. The maximum Gasteiger partial charge on any atom is 0.337 e. The van der Waals surface area contributed by atoms with Crippen molar-refractivity contribution in [2.24, 2.45) is 11.3 Å². The van der Waals surface area contributed by atoms with Crippen LogP contribution in [0.15, 0.2) is 34.9 Å². The van der Waals surface area contributed by atoms with Gasteiger partial charge in [-0.05, 0) is 50.0 Å². The molecule has 0 spiro atoms. The predicted octanol–water partition coefficient (Wildman–Crippen LogP) is 4.54. The molecule has 3 aliphatic rings. The molecule has 3 atom stereocenters. The largest absolute Gasteiger partial charge is 0.458 e. The lowest BCUT2D eigenvalue weighted by Crippen LogP contribution is -2.45. The molecule has 0 aromatic heterocycles. The van der Waals surface area contributed by atoms with Gasteiger partial charge in [-0.2, -0.15) is 0 Å². The van der Waals surface area contributed by atoms with Gasteiger partial charge in [-0.3, -0.25) is 9.59 Å². The Balaban J connectivity index is 2.13. The predicted molar refractivity (Wildman–Crippen MR) is 111 cm³/mol. The fourth-order valence-electron chi connectivity index (χ4n) is 5.41. The number of carbonyl (C=O) groups excluding carboxylic acids is 3. The van der Waals surface area contributed by atoms with Crippen molar-refractivity contribution in [1.82, 2.24) is 0 Å². The minimum atomic E-state index is -1.45. The second-order valence-electron chi connectivity index (χ2n) is 9.38. The standard InChI is InChI=1S/C24H32O6/c1-14-7-8-18-9-10-20-21(23(18,5)6)24(29-17(4)26,30-22(20)27)13-15(2)12-19(11-14)28-16(3)25/h12,18-19H,1,7-11,13H2,2-6H3. The molecule has 0 N–H and O–H groups in total. The lowest BCUT2D eigenvalue weighted by Gasteiger charge is -2.45. The molecule has 0 fully saturated rings. The molecule has 6 heteroatoms. The van der Waals surface area contributed by atoms with Crippen molar-refractivity contribution in [3.8, 4) is 0 Å². The lowest BCUT2D eigenvalue weighted by atomic mass is 9.61. The van der Waals surface area contributed by atoms with Crippen LogP contribution in [-0.4, -0.2) is 29.8 Å². The monoisotopic (exact) mass is 416 g/mol. The van der Waals surface area contributed by atoms with Crippen LogP contribution in [-0.2, 0) is 28.6 Å². The Morgan fingerprint density at radius 2 is 1.83 bits per heavy atom. The van der Waals surface area contributed by atoms with Crippen molar-refractivity contribution in [3.63, 3.8) is 0 Å². The van der Waals surface area contributed by atoms with Crippen molar-refractivity contribution < 1.29 is 28.6 Å². The number of rotatable bonds is 2. The molecule has 0 saturated carbocycles. The molecule has 164 valence electrons. The minimum absolute atomic E-state index is 0.206. The van der Waals surface area contributed by atoms with Crippen LogP contribution in [0.4, 0.5) is 0 Å². The van der Waals surface area contributed by atoms with E-state index in [1.807, 2.05) is 13.0 Å². The van der Waals surface area contributed by atoms with Crippen LogP contribution in [0.1, 0.15) is 73.1 Å². The summed E-state index contributed by atoms with van der Waals surface area (Å²) in [4.78, 5) is 36.5. The van der Waals surface area contributed by atoms with E-state index in [9.17, 15) is 14.4 Å². The topological polar surface area (TPSA) is 78.9 Å². The summed E-state index contributed by atoms with van der Waals surface area (Å²) in [5.74, 6) is -2.43. The summed E-state index contributed by atoms with van der Waals surface area (Å²) in [6, 6.07) is 0. The molecule has 1 heterocycles. The molecule has 0 amide bonds. The van der Waals surface area contributed by atoms with Gasteiger partial charge in [0.2, 0.25) is 0 Å². The maximum atomic E-state index is 12.8. The first-order valence-corrected chi connectivity index (χ1v) is 10.6. The summed E-state index contributed by atoms with van der Waals surface area (Å²) in [5.41, 5.74) is 2.90. The molecule has 3 unspecified atom stereocenters. The van der Waals surface area contributed by atoms with Crippen LogP contribution < -0.4 is 0 Å². The molecule has 6 nitrogen and oxygen atoms in total. The number of hydrogen-bond donors (Lipinski definition) is 0. The van der Waals surface area contributed by atoms with Gasteiger partial charge in [-0.15, -0.1) is 0 Å². The number of hydrogen-bond acceptors (Lipinski definition) is 6. The van der Waals surface area contributed by atoms with E-state index in [1.165, 1.54) is 13.8 Å². The first-order chi connectivity index (χ1) is 13.9. The lowest BCUT2D eigenvalue weighted by molar-refractivity contribution is -0.208. The Kier molecular flexibility index (Phi) is 5.99. The fourth-order valence-corrected chi connectivity index (χ4v) is 5.41. The molecule has 2 aliphatic carbocycles. The quantitative estimate of drug-likeness (QED) is 0.486. The Bertz CT molecular complexity index is 846. The van der Waals surface area contributed by atoms with E-state index in [0.717, 1.165) is 36.0 Å². The molecular formula is C24H32O6. The van der Waals surface area contributed by atoms with Crippen molar-refractivity contribution >= 4 is 17.9 Å². The molecule has 1 aliphatic heterocycles. The molecule has 0 saturated heterocycles. The van der Waals surface area contributed by atoms with Crippen molar-refractivity contribution in [2.45, 2.75) is 85.0 Å². The van der Waals surface area contributed by atoms with Gasteiger partial charge in [-0.25, -0.2) is 4.79 Å². The Hall–Kier alpha value is -2.37. The van der Waals surface area contributed by atoms with Gasteiger partial charge in [0.25, 0.3) is 5.79 Å². The van der Waals surface area contributed by atoms with E-state index < -0.39 is 23.8 Å². The summed E-state index contributed by atoms with van der Waals surface area (Å²) < 4.78 is 17.1. The molecular weight excluding hydrogens is 384 g/mol. The van der Waals surface area contributed by atoms with Gasteiger partial charge in [0.05, 0.1) is 6.42 Å². The molecule has 30 heavy (non-hydrogen) atoms. The van der Waals surface area contributed by atoms with Gasteiger partial charge >= 0.3 is 17.9 Å². The van der Waals surface area contributed by atoms with Crippen LogP contribution in [0.3, 0.4) is 0 Å². The average Bonchev–Trinajstić information content (AvgIpc) is 2.83. The van der Waals surface area contributed by atoms with Gasteiger partial charge < -0.3 is 14.2 Å². The zero-order valence-electron chi connectivity index (χ0n) is 18.6.